The Kier molecular flexibility index (Phi) is 70.2. The number of ether oxygens (including phenoxy) is 12. The van der Waals surface area contributed by atoms with E-state index in [1.165, 1.54) is 205 Å². The molecular formula is C130H190O14. The molecule has 14 heteroatoms. The van der Waals surface area contributed by atoms with Crippen molar-refractivity contribution in [2.24, 2.45) is 0 Å². The van der Waals surface area contributed by atoms with Crippen LogP contribution in [0.2, 0.25) is 0 Å². The maximum Gasteiger partial charge on any atom is 0.344 e. The molecule has 0 N–H and O–H groups in total. The third-order valence-corrected chi connectivity index (χ3v) is 26.8. The molecule has 14 nitrogen and oxygen atoms in total. The van der Waals surface area contributed by atoms with Crippen LogP contribution in [0, 0.1) is 0 Å². The first-order valence-electron chi connectivity index (χ1n) is 55.8. The summed E-state index contributed by atoms with van der Waals surface area (Å²) in [5.74, 6) is 3.11. The van der Waals surface area contributed by atoms with Crippen molar-refractivity contribution >= 4 is 36.2 Å². The van der Waals surface area contributed by atoms with E-state index in [9.17, 15) is 9.59 Å². The zero-order valence-electron chi connectivity index (χ0n) is 90.6. The highest BCUT2D eigenvalue weighted by Gasteiger charge is 2.27. The zero-order valence-corrected chi connectivity index (χ0v) is 90.6. The van der Waals surface area contributed by atoms with Gasteiger partial charge in [0.1, 0.15) is 0 Å². The van der Waals surface area contributed by atoms with Crippen molar-refractivity contribution < 1.29 is 66.4 Å². The molecule has 0 amide bonds. The maximum absolute atomic E-state index is 14.9. The SMILES string of the molecule is C=CC(=C)CCCCCCCCCCCOc1cc(C(=O)Oc2c(OC)cc(/C=C/c3ccc(/C=C/c4cc(OC)c(OC(=O)c5cc(OCCCCCCCCCCCC(=C)C=C)c(OCCCCCCCCCCCC(=C)C=C)c(OCCCCCCCCCCCC(=C)C=C)c5)c(OC)c4)cc3)cc2OC)cc(OCCCCCCCCCCCC(=C)C=C)c1OCCCCCCCCCCCC(=C)C=C. The number of hydrogen-bond acceptors (Lipinski definition) is 14. The summed E-state index contributed by atoms with van der Waals surface area (Å²) in [6, 6.07) is 22.4. The van der Waals surface area contributed by atoms with E-state index in [1.54, 1.807) is 52.7 Å². The first-order valence-corrected chi connectivity index (χ1v) is 55.8. The average molecular weight is 1980 g/mol. The quantitative estimate of drug-likeness (QED) is 0.0120. The first-order chi connectivity index (χ1) is 70.4. The Morgan fingerprint density at radius 2 is 0.361 bits per heavy atom. The lowest BCUT2D eigenvalue weighted by atomic mass is 10.0. The second-order valence-corrected chi connectivity index (χ2v) is 39.1. The Morgan fingerprint density at radius 1 is 0.201 bits per heavy atom. The van der Waals surface area contributed by atoms with E-state index in [2.05, 4.69) is 78.9 Å². The van der Waals surface area contributed by atoms with Gasteiger partial charge in [-0.3, -0.25) is 0 Å². The number of allylic oxidation sites excluding steroid dienone is 12. The Morgan fingerprint density at radius 3 is 0.535 bits per heavy atom. The first kappa shape index (κ1) is 124. The molecule has 0 spiro atoms. The Bertz CT molecular complexity index is 4120. The van der Waals surface area contributed by atoms with Crippen molar-refractivity contribution in [3.8, 4) is 69.0 Å². The lowest BCUT2D eigenvalue weighted by Crippen LogP contribution is -2.13. The van der Waals surface area contributed by atoms with Gasteiger partial charge in [0.05, 0.1) is 79.2 Å². The van der Waals surface area contributed by atoms with E-state index in [0.29, 0.717) is 97.1 Å². The standard InChI is InChI=1S/C130H190O14/c1-17-105(7)77-65-53-41-29-23-35-47-59-71-91-137-121-101-115(102-122(138-92-72-60-48-36-24-30-42-54-66-78-106(8)18-2)125(121)141-95-75-63-51-39-27-33-45-57-69-81-109(11)21-5)129(131)143-127-117(133-13)97-113(98-118(127)134-14)89-87-111-83-85-112(86-84-111)88-90-114-99-119(135-15)128(120(100-114)136-16)144-130(132)116-103-123(139-93-73-61-49-37-25-31-43-55-67-79-107(9)19-3)126(142-96-76-64-52-40-28-34-46-58-70-82-110(12)22-6)124(104-116)140-94-74-62-50-38-26-32-44-56-68-80-108(10)20-4/h17-22,83-90,97-104H,1-12,23-82,91-96H2,13-16H3/b89-87+,90-88+. The number of methoxy groups -OCH3 is 4. The van der Waals surface area contributed by atoms with Gasteiger partial charge < -0.3 is 56.8 Å². The molecule has 0 unspecified atom stereocenters. The minimum atomic E-state index is -0.629. The highest BCUT2D eigenvalue weighted by Crippen LogP contribution is 2.46. The van der Waals surface area contributed by atoms with Crippen LogP contribution in [-0.4, -0.2) is 80.0 Å². The van der Waals surface area contributed by atoms with E-state index >= 15 is 0 Å². The molecule has 794 valence electrons. The molecule has 5 aromatic rings. The summed E-state index contributed by atoms with van der Waals surface area (Å²) in [6.45, 7) is 50.4. The van der Waals surface area contributed by atoms with E-state index in [-0.39, 0.29) is 22.6 Å². The van der Waals surface area contributed by atoms with Crippen LogP contribution in [0.3, 0.4) is 0 Å². The number of carbonyl (C=O) groups is 2. The van der Waals surface area contributed by atoms with Crippen molar-refractivity contribution in [3.63, 3.8) is 0 Å². The molecule has 0 heterocycles. The van der Waals surface area contributed by atoms with Crippen LogP contribution in [0.1, 0.15) is 428 Å². The average Bonchev–Trinajstić information content (AvgIpc) is 0.801. The maximum atomic E-state index is 14.9. The second kappa shape index (κ2) is 81.6. The summed E-state index contributed by atoms with van der Waals surface area (Å²) in [5.41, 5.74) is 10.6. The van der Waals surface area contributed by atoms with Gasteiger partial charge in [-0.15, -0.1) is 0 Å². The molecule has 0 atom stereocenters. The highest BCUT2D eigenvalue weighted by atomic mass is 16.6. The minimum absolute atomic E-state index is 0.138. The van der Waals surface area contributed by atoms with Gasteiger partial charge in [0, 0.05) is 0 Å². The molecule has 144 heavy (non-hydrogen) atoms. The van der Waals surface area contributed by atoms with Crippen molar-refractivity contribution in [1.82, 2.24) is 0 Å². The fraction of sp³-hybridized carbons (Fsp3) is 0.538. The minimum Gasteiger partial charge on any atom is -0.493 e. The topological polar surface area (TPSA) is 145 Å². The van der Waals surface area contributed by atoms with Crippen LogP contribution in [0.25, 0.3) is 24.3 Å². The van der Waals surface area contributed by atoms with E-state index in [4.69, 9.17) is 56.8 Å². The van der Waals surface area contributed by atoms with Gasteiger partial charge in [-0.25, -0.2) is 9.59 Å². The Balaban J connectivity index is 1.35. The molecule has 0 radical (unpaired) electrons. The van der Waals surface area contributed by atoms with E-state index < -0.39 is 11.9 Å². The van der Waals surface area contributed by atoms with Gasteiger partial charge in [0.25, 0.3) is 0 Å². The number of hydrogen-bond donors (Lipinski definition) is 0. The molecule has 0 aliphatic carbocycles. The molecule has 5 rings (SSSR count). The predicted molar refractivity (Wildman–Crippen MR) is 612 cm³/mol. The highest BCUT2D eigenvalue weighted by molar-refractivity contribution is 5.94. The molecule has 0 fully saturated rings. The summed E-state index contributed by atoms with van der Waals surface area (Å²) in [4.78, 5) is 29.7. The number of benzene rings is 5. The van der Waals surface area contributed by atoms with Crippen LogP contribution in [0.4, 0.5) is 0 Å². The van der Waals surface area contributed by atoms with Crippen molar-refractivity contribution in [2.75, 3.05) is 68.1 Å². The van der Waals surface area contributed by atoms with Crippen LogP contribution >= 0.6 is 0 Å². The van der Waals surface area contributed by atoms with Crippen LogP contribution < -0.4 is 56.8 Å². The fourth-order valence-electron chi connectivity index (χ4n) is 17.5. The summed E-state index contributed by atoms with van der Waals surface area (Å²) >= 11 is 0. The van der Waals surface area contributed by atoms with Gasteiger partial charge in [-0.05, 0) is 186 Å². The summed E-state index contributed by atoms with van der Waals surface area (Å²) in [7, 11) is 6.20. The zero-order chi connectivity index (χ0) is 104. The predicted octanol–water partition coefficient (Wildman–Crippen LogP) is 38.6. The summed E-state index contributed by atoms with van der Waals surface area (Å²) in [6.07, 6.45) is 87.0. The lowest BCUT2D eigenvalue weighted by Gasteiger charge is -2.19. The van der Waals surface area contributed by atoms with Crippen molar-refractivity contribution in [2.45, 2.75) is 385 Å². The molecular weight excluding hydrogens is 1790 g/mol. The fourth-order valence-corrected chi connectivity index (χ4v) is 17.5. The molecule has 5 aromatic carbocycles. The monoisotopic (exact) mass is 1980 g/mol. The van der Waals surface area contributed by atoms with Gasteiger partial charge in [0.15, 0.2) is 46.0 Å². The molecule has 0 aromatic heterocycles. The normalized spacial score (nSPS) is 11.1. The van der Waals surface area contributed by atoms with Gasteiger partial charge in [-0.1, -0.05) is 467 Å². The number of rotatable bonds is 96. The van der Waals surface area contributed by atoms with E-state index in [1.807, 2.05) is 109 Å². The van der Waals surface area contributed by atoms with Crippen LogP contribution in [-0.2, 0) is 0 Å². The third-order valence-electron chi connectivity index (χ3n) is 26.8. The largest absolute Gasteiger partial charge is 0.493 e. The van der Waals surface area contributed by atoms with Crippen LogP contribution in [0.5, 0.6) is 69.0 Å². The van der Waals surface area contributed by atoms with Gasteiger partial charge in [0.2, 0.25) is 23.0 Å². The number of carbonyl (C=O) groups excluding carboxylic acids is 2. The van der Waals surface area contributed by atoms with Crippen molar-refractivity contribution in [3.05, 3.63) is 255 Å². The van der Waals surface area contributed by atoms with Gasteiger partial charge >= 0.3 is 11.9 Å². The van der Waals surface area contributed by atoms with Gasteiger partial charge in [-0.2, -0.15) is 0 Å². The number of esters is 2. The third kappa shape index (κ3) is 56.2. The number of unbranched alkanes of at least 4 members (excludes halogenated alkanes) is 48. The Labute approximate surface area is 874 Å². The molecule has 0 saturated carbocycles. The molecule has 0 aliphatic rings. The van der Waals surface area contributed by atoms with E-state index in [0.717, 1.165) is 235 Å². The van der Waals surface area contributed by atoms with Crippen LogP contribution in [0.15, 0.2) is 222 Å². The summed E-state index contributed by atoms with van der Waals surface area (Å²) in [5, 5.41) is 0. The van der Waals surface area contributed by atoms with Crippen molar-refractivity contribution in [1.29, 1.82) is 0 Å². The molecule has 0 aliphatic heterocycles. The smallest absolute Gasteiger partial charge is 0.344 e. The molecule has 0 bridgehead atoms. The molecule has 0 saturated heterocycles. The second-order valence-electron chi connectivity index (χ2n) is 39.1. The lowest BCUT2D eigenvalue weighted by molar-refractivity contribution is 0.0714. The summed E-state index contributed by atoms with van der Waals surface area (Å²) < 4.78 is 76.9. The Hall–Kier alpha value is -10.6.